The van der Waals surface area contributed by atoms with Gasteiger partial charge in [0, 0.05) is 13.1 Å². The van der Waals surface area contributed by atoms with Crippen LogP contribution in [0.1, 0.15) is 26.7 Å². The first-order valence-corrected chi connectivity index (χ1v) is 6.70. The van der Waals surface area contributed by atoms with Gasteiger partial charge in [0.05, 0.1) is 11.2 Å². The van der Waals surface area contributed by atoms with Gasteiger partial charge in [0.15, 0.2) is 0 Å². The lowest BCUT2D eigenvalue weighted by Crippen LogP contribution is -2.39. The molecule has 0 bridgehead atoms. The van der Waals surface area contributed by atoms with Crippen molar-refractivity contribution in [2.75, 3.05) is 18.8 Å². The molecule has 88 valence electrons. The Morgan fingerprint density at radius 3 is 2.53 bits per heavy atom. The van der Waals surface area contributed by atoms with Crippen LogP contribution in [-0.4, -0.2) is 37.5 Å². The summed E-state index contributed by atoms with van der Waals surface area (Å²) < 4.78 is 24.8. The van der Waals surface area contributed by atoms with E-state index in [1.807, 2.05) is 6.92 Å². The molecule has 5 nitrogen and oxygen atoms in total. The van der Waals surface area contributed by atoms with Crippen LogP contribution in [-0.2, 0) is 14.8 Å². The largest absolute Gasteiger partial charge is 0.369 e. The highest BCUT2D eigenvalue weighted by Gasteiger charge is 2.42. The number of rotatable bonds is 4. The van der Waals surface area contributed by atoms with Gasteiger partial charge in [0.2, 0.25) is 15.9 Å². The van der Waals surface area contributed by atoms with Crippen molar-refractivity contribution in [3.05, 3.63) is 0 Å². The van der Waals surface area contributed by atoms with Crippen molar-refractivity contribution in [3.63, 3.8) is 0 Å². The number of sulfonamides is 1. The number of carbonyl (C=O) groups is 1. The average Bonchev–Trinajstić information content (AvgIpc) is 2.50. The Labute approximate surface area is 90.7 Å². The number of carbonyl (C=O) groups excluding carboxylic acids is 1. The summed E-state index contributed by atoms with van der Waals surface area (Å²) in [6.45, 7) is 4.17. The van der Waals surface area contributed by atoms with E-state index >= 15 is 0 Å². The Kier molecular flexibility index (Phi) is 3.40. The van der Waals surface area contributed by atoms with Crippen LogP contribution in [0.25, 0.3) is 0 Å². The summed E-state index contributed by atoms with van der Waals surface area (Å²) in [6, 6.07) is 0. The van der Waals surface area contributed by atoms with Crippen molar-refractivity contribution < 1.29 is 13.2 Å². The number of hydrogen-bond acceptors (Lipinski definition) is 3. The Morgan fingerprint density at radius 2 is 2.13 bits per heavy atom. The van der Waals surface area contributed by atoms with Crippen LogP contribution in [0.4, 0.5) is 0 Å². The number of nitrogens with zero attached hydrogens (tertiary/aromatic N) is 1. The Hall–Kier alpha value is -0.620. The fraction of sp³-hybridized carbons (Fsp3) is 0.889. The Morgan fingerprint density at radius 1 is 1.53 bits per heavy atom. The van der Waals surface area contributed by atoms with E-state index < -0.39 is 21.3 Å². The maximum absolute atomic E-state index is 11.7. The highest BCUT2D eigenvalue weighted by Crippen LogP contribution is 2.31. The van der Waals surface area contributed by atoms with E-state index in [1.165, 1.54) is 4.31 Å². The quantitative estimate of drug-likeness (QED) is 0.739. The molecule has 0 aliphatic carbocycles. The first-order valence-electron chi connectivity index (χ1n) is 5.09. The molecule has 0 aromatic heterocycles. The molecule has 6 heteroatoms. The summed E-state index contributed by atoms with van der Waals surface area (Å²) in [4.78, 5) is 11.2. The predicted octanol–water partition coefficient (Wildman–Crippen LogP) is -0.0765. The molecule has 1 atom stereocenters. The van der Waals surface area contributed by atoms with Gasteiger partial charge in [-0.05, 0) is 19.8 Å². The third-order valence-electron chi connectivity index (χ3n) is 2.89. The SMILES string of the molecule is CCCS(=O)(=O)N1CCC(C)(C(N)=O)C1. The highest BCUT2D eigenvalue weighted by molar-refractivity contribution is 7.89. The molecule has 0 saturated carbocycles. The lowest BCUT2D eigenvalue weighted by molar-refractivity contribution is -0.126. The van der Waals surface area contributed by atoms with Gasteiger partial charge in [-0.15, -0.1) is 0 Å². The van der Waals surface area contributed by atoms with Crippen molar-refractivity contribution in [2.24, 2.45) is 11.1 Å². The van der Waals surface area contributed by atoms with Gasteiger partial charge < -0.3 is 5.73 Å². The molecular formula is C9H18N2O3S. The number of hydrogen-bond donors (Lipinski definition) is 1. The molecule has 0 spiro atoms. The van der Waals surface area contributed by atoms with Gasteiger partial charge in [-0.25, -0.2) is 12.7 Å². The fourth-order valence-electron chi connectivity index (χ4n) is 1.74. The average molecular weight is 234 g/mol. The standard InChI is InChI=1S/C9H18N2O3S/c1-3-6-15(13,14)11-5-4-9(2,7-11)8(10)12/h3-7H2,1-2H3,(H2,10,12). The van der Waals surface area contributed by atoms with Crippen molar-refractivity contribution in [1.29, 1.82) is 0 Å². The van der Waals surface area contributed by atoms with Crippen LogP contribution in [0.2, 0.25) is 0 Å². The Bertz CT molecular complexity index is 352. The number of primary amides is 1. The summed E-state index contributed by atoms with van der Waals surface area (Å²) in [7, 11) is -3.19. The number of amides is 1. The van der Waals surface area contributed by atoms with E-state index in [0.29, 0.717) is 19.4 Å². The fourth-order valence-corrected chi connectivity index (χ4v) is 3.37. The van der Waals surface area contributed by atoms with Crippen LogP contribution in [0.5, 0.6) is 0 Å². The molecule has 0 radical (unpaired) electrons. The molecule has 1 unspecified atom stereocenters. The van der Waals surface area contributed by atoms with Crippen LogP contribution >= 0.6 is 0 Å². The van der Waals surface area contributed by atoms with Crippen molar-refractivity contribution in [3.8, 4) is 0 Å². The molecule has 0 aromatic rings. The third-order valence-corrected chi connectivity index (χ3v) is 4.91. The van der Waals surface area contributed by atoms with Gasteiger partial charge in [-0.1, -0.05) is 6.92 Å². The first-order chi connectivity index (χ1) is 6.82. The van der Waals surface area contributed by atoms with Crippen LogP contribution in [0.3, 0.4) is 0 Å². The molecule has 1 fully saturated rings. The summed E-state index contributed by atoms with van der Waals surface area (Å²) in [5, 5.41) is 0. The van der Waals surface area contributed by atoms with E-state index in [9.17, 15) is 13.2 Å². The van der Waals surface area contributed by atoms with Gasteiger partial charge in [-0.2, -0.15) is 0 Å². The molecule has 1 saturated heterocycles. The minimum atomic E-state index is -3.19. The third kappa shape index (κ3) is 2.49. The zero-order valence-electron chi connectivity index (χ0n) is 9.19. The van der Waals surface area contributed by atoms with Crippen molar-refractivity contribution in [2.45, 2.75) is 26.7 Å². The van der Waals surface area contributed by atoms with Crippen LogP contribution in [0.15, 0.2) is 0 Å². The van der Waals surface area contributed by atoms with Gasteiger partial charge in [0.1, 0.15) is 0 Å². The summed E-state index contributed by atoms with van der Waals surface area (Å²) in [6.07, 6.45) is 1.11. The molecule has 2 N–H and O–H groups in total. The van der Waals surface area contributed by atoms with Gasteiger partial charge in [-0.3, -0.25) is 4.79 Å². The van der Waals surface area contributed by atoms with Gasteiger partial charge in [0.25, 0.3) is 0 Å². The highest BCUT2D eigenvalue weighted by atomic mass is 32.2. The maximum atomic E-state index is 11.7. The number of nitrogens with two attached hydrogens (primary N) is 1. The van der Waals surface area contributed by atoms with Crippen molar-refractivity contribution >= 4 is 15.9 Å². The topological polar surface area (TPSA) is 80.5 Å². The monoisotopic (exact) mass is 234 g/mol. The first kappa shape index (κ1) is 12.4. The lowest BCUT2D eigenvalue weighted by Gasteiger charge is -2.20. The van der Waals surface area contributed by atoms with E-state index in [1.54, 1.807) is 6.92 Å². The molecule has 1 heterocycles. The smallest absolute Gasteiger partial charge is 0.224 e. The molecule has 1 aliphatic heterocycles. The maximum Gasteiger partial charge on any atom is 0.224 e. The molecule has 1 amide bonds. The van der Waals surface area contributed by atoms with Crippen molar-refractivity contribution in [1.82, 2.24) is 4.31 Å². The lowest BCUT2D eigenvalue weighted by atomic mass is 9.89. The van der Waals surface area contributed by atoms with Gasteiger partial charge >= 0.3 is 0 Å². The second kappa shape index (κ2) is 4.09. The molecule has 1 rings (SSSR count). The van der Waals surface area contributed by atoms with Crippen LogP contribution < -0.4 is 5.73 Å². The molecular weight excluding hydrogens is 216 g/mol. The second-order valence-electron chi connectivity index (χ2n) is 4.32. The molecule has 0 aromatic carbocycles. The Balaban J connectivity index is 2.76. The zero-order valence-corrected chi connectivity index (χ0v) is 10.0. The minimum absolute atomic E-state index is 0.141. The van der Waals surface area contributed by atoms with E-state index in [-0.39, 0.29) is 12.3 Å². The zero-order chi connectivity index (χ0) is 11.7. The van der Waals surface area contributed by atoms with E-state index in [0.717, 1.165) is 0 Å². The molecule has 15 heavy (non-hydrogen) atoms. The van der Waals surface area contributed by atoms with E-state index in [2.05, 4.69) is 0 Å². The second-order valence-corrected chi connectivity index (χ2v) is 6.41. The summed E-state index contributed by atoms with van der Waals surface area (Å²) in [5.74, 6) is -0.279. The summed E-state index contributed by atoms with van der Waals surface area (Å²) in [5.41, 5.74) is 4.56. The predicted molar refractivity (Wildman–Crippen MR) is 57.6 cm³/mol. The molecule has 1 aliphatic rings. The van der Waals surface area contributed by atoms with E-state index in [4.69, 9.17) is 5.73 Å². The summed E-state index contributed by atoms with van der Waals surface area (Å²) >= 11 is 0. The normalized spacial score (nSPS) is 28.1. The van der Waals surface area contributed by atoms with Crippen LogP contribution in [0, 0.1) is 5.41 Å². The minimum Gasteiger partial charge on any atom is -0.369 e.